The monoisotopic (exact) mass is 358 g/mol. The number of rotatable bonds is 2. The average Bonchev–Trinajstić information content (AvgIpc) is 2.75. The number of nitrogens with one attached hydrogen (secondary N) is 2. The van der Waals surface area contributed by atoms with Gasteiger partial charge in [-0.2, -0.15) is 0 Å². The lowest BCUT2D eigenvalue weighted by Crippen LogP contribution is -2.55. The Kier molecular flexibility index (Phi) is 5.75. The van der Waals surface area contributed by atoms with E-state index in [0.29, 0.717) is 25.3 Å². The highest BCUT2D eigenvalue weighted by atomic mass is 35.5. The highest BCUT2D eigenvalue weighted by Crippen LogP contribution is 2.36. The quantitative estimate of drug-likeness (QED) is 0.713. The number of hydrogen-bond acceptors (Lipinski definition) is 4. The van der Waals surface area contributed by atoms with Gasteiger partial charge >= 0.3 is 6.03 Å². The van der Waals surface area contributed by atoms with Gasteiger partial charge in [0, 0.05) is 25.7 Å². The normalized spacial score (nSPS) is 33.4. The maximum atomic E-state index is 12.8. The molecule has 1 aliphatic carbocycles. The third-order valence-corrected chi connectivity index (χ3v) is 5.49. The molecular formula is C16H27ClN4O3. The Hall–Kier alpha value is -1.34. The molecular weight excluding hydrogens is 332 g/mol. The summed E-state index contributed by atoms with van der Waals surface area (Å²) in [5, 5.41) is 6.09. The number of halogens is 1. The number of hydrogen-bond donors (Lipinski definition) is 2. The lowest BCUT2D eigenvalue weighted by atomic mass is 9.77. The van der Waals surface area contributed by atoms with Gasteiger partial charge in [0.1, 0.15) is 12.1 Å². The lowest BCUT2D eigenvalue weighted by molar-refractivity contribution is -0.141. The van der Waals surface area contributed by atoms with Crippen molar-refractivity contribution < 1.29 is 14.4 Å². The summed E-state index contributed by atoms with van der Waals surface area (Å²) in [6.07, 6.45) is 3.21. The molecule has 3 aliphatic rings. The van der Waals surface area contributed by atoms with Gasteiger partial charge in [-0.25, -0.2) is 4.79 Å². The number of carbonyl (C=O) groups excluding carboxylic acids is 3. The van der Waals surface area contributed by atoms with Crippen molar-refractivity contribution in [3.63, 3.8) is 0 Å². The predicted octanol–water partition coefficient (Wildman–Crippen LogP) is 0.729. The Morgan fingerprint density at radius 3 is 2.54 bits per heavy atom. The Labute approximate surface area is 148 Å². The zero-order valence-corrected chi connectivity index (χ0v) is 15.2. The van der Waals surface area contributed by atoms with Crippen LogP contribution in [0.3, 0.4) is 0 Å². The zero-order valence-electron chi connectivity index (χ0n) is 14.3. The first-order valence-corrected chi connectivity index (χ1v) is 8.57. The van der Waals surface area contributed by atoms with Crippen molar-refractivity contribution in [3.05, 3.63) is 0 Å². The molecule has 0 bridgehead atoms. The summed E-state index contributed by atoms with van der Waals surface area (Å²) in [7, 11) is 0. The van der Waals surface area contributed by atoms with Crippen molar-refractivity contribution in [2.24, 2.45) is 5.92 Å². The minimum Gasteiger partial charge on any atom is -0.336 e. The van der Waals surface area contributed by atoms with Gasteiger partial charge in [-0.15, -0.1) is 12.4 Å². The van der Waals surface area contributed by atoms with Gasteiger partial charge in [-0.3, -0.25) is 14.5 Å². The average molecular weight is 359 g/mol. The SMILES string of the molecule is CC1CCC2(CC1)NC(=O)N(CC(=O)N1CCNC[C@@H]1C)C2=O.Cl. The molecule has 0 radical (unpaired) electrons. The third-order valence-electron chi connectivity index (χ3n) is 5.49. The van der Waals surface area contributed by atoms with Crippen LogP contribution in [0.5, 0.6) is 0 Å². The van der Waals surface area contributed by atoms with Crippen LogP contribution in [0.2, 0.25) is 0 Å². The minimum absolute atomic E-state index is 0. The molecule has 24 heavy (non-hydrogen) atoms. The van der Waals surface area contributed by atoms with E-state index in [0.717, 1.165) is 30.8 Å². The van der Waals surface area contributed by atoms with Crippen LogP contribution in [0, 0.1) is 5.92 Å². The second-order valence-electron chi connectivity index (χ2n) is 7.23. The number of piperazine rings is 1. The van der Waals surface area contributed by atoms with E-state index in [1.54, 1.807) is 4.90 Å². The fourth-order valence-electron chi connectivity index (χ4n) is 3.85. The topological polar surface area (TPSA) is 81.8 Å². The van der Waals surface area contributed by atoms with E-state index in [1.807, 2.05) is 6.92 Å². The summed E-state index contributed by atoms with van der Waals surface area (Å²) in [4.78, 5) is 40.4. The second kappa shape index (κ2) is 7.27. The fourth-order valence-corrected chi connectivity index (χ4v) is 3.85. The third kappa shape index (κ3) is 3.37. The Bertz CT molecular complexity index is 519. The molecule has 0 aromatic heterocycles. The molecule has 0 aromatic rings. The summed E-state index contributed by atoms with van der Waals surface area (Å²) < 4.78 is 0. The van der Waals surface area contributed by atoms with Crippen LogP contribution >= 0.6 is 12.4 Å². The molecule has 7 nitrogen and oxygen atoms in total. The van der Waals surface area contributed by atoms with Crippen molar-refractivity contribution in [2.75, 3.05) is 26.2 Å². The number of imide groups is 1. The van der Waals surface area contributed by atoms with Gasteiger partial charge in [0.05, 0.1) is 0 Å². The van der Waals surface area contributed by atoms with Crippen LogP contribution in [-0.4, -0.2) is 65.4 Å². The molecule has 136 valence electrons. The number of urea groups is 1. The van der Waals surface area contributed by atoms with Gasteiger partial charge in [-0.05, 0) is 38.5 Å². The first kappa shape index (κ1) is 19.0. The van der Waals surface area contributed by atoms with Gasteiger partial charge in [0.25, 0.3) is 5.91 Å². The first-order valence-electron chi connectivity index (χ1n) is 8.57. The highest BCUT2D eigenvalue weighted by Gasteiger charge is 2.52. The molecule has 3 fully saturated rings. The van der Waals surface area contributed by atoms with Crippen LogP contribution in [-0.2, 0) is 9.59 Å². The van der Waals surface area contributed by atoms with Gasteiger partial charge in [0.15, 0.2) is 0 Å². The van der Waals surface area contributed by atoms with Crippen LogP contribution in [0.4, 0.5) is 4.79 Å². The Balaban J connectivity index is 0.00000208. The minimum atomic E-state index is -0.765. The van der Waals surface area contributed by atoms with E-state index in [4.69, 9.17) is 0 Å². The Morgan fingerprint density at radius 1 is 1.25 bits per heavy atom. The van der Waals surface area contributed by atoms with Crippen molar-refractivity contribution in [2.45, 2.75) is 51.1 Å². The summed E-state index contributed by atoms with van der Waals surface area (Å²) in [5.41, 5.74) is -0.765. The molecule has 2 aliphatic heterocycles. The van der Waals surface area contributed by atoms with Gasteiger partial charge < -0.3 is 15.5 Å². The first-order chi connectivity index (χ1) is 10.9. The summed E-state index contributed by atoms with van der Waals surface area (Å²) in [6.45, 7) is 6.10. The molecule has 3 rings (SSSR count). The molecule has 1 saturated carbocycles. The van der Waals surface area contributed by atoms with Crippen LogP contribution in [0.1, 0.15) is 39.5 Å². The zero-order chi connectivity index (χ0) is 16.6. The maximum absolute atomic E-state index is 12.8. The molecule has 0 unspecified atom stereocenters. The number of amides is 4. The lowest BCUT2D eigenvalue weighted by Gasteiger charge is -2.35. The van der Waals surface area contributed by atoms with Crippen LogP contribution in [0.15, 0.2) is 0 Å². The molecule has 2 heterocycles. The molecule has 1 spiro atoms. The molecule has 8 heteroatoms. The van der Waals surface area contributed by atoms with Gasteiger partial charge in [0.2, 0.25) is 5.91 Å². The van der Waals surface area contributed by atoms with Crippen molar-refractivity contribution >= 4 is 30.3 Å². The largest absolute Gasteiger partial charge is 0.336 e. The molecule has 4 amide bonds. The summed E-state index contributed by atoms with van der Waals surface area (Å²) in [5.74, 6) is 0.219. The highest BCUT2D eigenvalue weighted by molar-refractivity contribution is 6.09. The van der Waals surface area contributed by atoms with E-state index in [2.05, 4.69) is 17.6 Å². The molecule has 1 atom stereocenters. The summed E-state index contributed by atoms with van der Waals surface area (Å²) >= 11 is 0. The van der Waals surface area contributed by atoms with E-state index >= 15 is 0 Å². The van der Waals surface area contributed by atoms with Crippen LogP contribution < -0.4 is 10.6 Å². The maximum Gasteiger partial charge on any atom is 0.325 e. The molecule has 2 saturated heterocycles. The Morgan fingerprint density at radius 2 is 1.92 bits per heavy atom. The summed E-state index contributed by atoms with van der Waals surface area (Å²) in [6, 6.07) is -0.331. The molecule has 2 N–H and O–H groups in total. The van der Waals surface area contributed by atoms with E-state index in [9.17, 15) is 14.4 Å². The predicted molar refractivity (Wildman–Crippen MR) is 91.9 cm³/mol. The van der Waals surface area contributed by atoms with Crippen molar-refractivity contribution in [3.8, 4) is 0 Å². The van der Waals surface area contributed by atoms with Crippen LogP contribution in [0.25, 0.3) is 0 Å². The fraction of sp³-hybridized carbons (Fsp3) is 0.812. The van der Waals surface area contributed by atoms with Crippen molar-refractivity contribution in [1.82, 2.24) is 20.4 Å². The molecule has 0 aromatic carbocycles. The number of carbonyl (C=O) groups is 3. The number of nitrogens with zero attached hydrogens (tertiary/aromatic N) is 2. The van der Waals surface area contributed by atoms with E-state index in [1.165, 1.54) is 0 Å². The second-order valence-corrected chi connectivity index (χ2v) is 7.23. The van der Waals surface area contributed by atoms with Gasteiger partial charge in [-0.1, -0.05) is 6.92 Å². The smallest absolute Gasteiger partial charge is 0.325 e. The standard InChI is InChI=1S/C16H26N4O3.ClH/c1-11-3-5-16(6-4-11)14(22)20(15(23)18-16)10-13(21)19-8-7-17-9-12(19)2;/h11-12,17H,3-10H2,1-2H3,(H,18,23);1H/t11?,12-,16?;/m0./s1. The van der Waals surface area contributed by atoms with E-state index in [-0.39, 0.29) is 36.8 Å². The van der Waals surface area contributed by atoms with E-state index < -0.39 is 11.6 Å². The van der Waals surface area contributed by atoms with Crippen molar-refractivity contribution in [1.29, 1.82) is 0 Å².